The van der Waals surface area contributed by atoms with Crippen LogP contribution in [0.5, 0.6) is 17.4 Å². The first-order chi connectivity index (χ1) is 15.7. The van der Waals surface area contributed by atoms with Crippen molar-refractivity contribution >= 4 is 0 Å². The molecule has 3 heterocycles. The third-order valence-corrected chi connectivity index (χ3v) is 7.59. The maximum atomic E-state index is 9.50. The maximum Gasteiger partial charge on any atom is 0.232 e. The molecule has 0 N–H and O–H groups in total. The number of aromatic nitrogens is 1. The number of hydrogen-bond acceptors (Lipinski definition) is 7. The lowest BCUT2D eigenvalue weighted by Crippen LogP contribution is -2.65. The van der Waals surface area contributed by atoms with E-state index in [2.05, 4.69) is 41.2 Å². The Labute approximate surface area is 187 Å². The quantitative estimate of drug-likeness (QED) is 0.532. The summed E-state index contributed by atoms with van der Waals surface area (Å²) in [5, 5.41) is 9.50. The third kappa shape index (κ3) is 2.57. The Morgan fingerprint density at radius 3 is 3.06 bits per heavy atom. The monoisotopic (exact) mass is 431 g/mol. The van der Waals surface area contributed by atoms with E-state index in [-0.39, 0.29) is 24.4 Å². The summed E-state index contributed by atoms with van der Waals surface area (Å²) in [5.74, 6) is 2.20. The highest BCUT2D eigenvalue weighted by molar-refractivity contribution is 5.62. The first kappa shape index (κ1) is 19.6. The Morgan fingerprint density at radius 1 is 1.31 bits per heavy atom. The van der Waals surface area contributed by atoms with E-state index < -0.39 is 0 Å². The highest BCUT2D eigenvalue weighted by atomic mass is 16.7. The molecule has 2 aromatic rings. The van der Waals surface area contributed by atoms with Gasteiger partial charge in [0.1, 0.15) is 17.7 Å². The summed E-state index contributed by atoms with van der Waals surface area (Å²) >= 11 is 0. The van der Waals surface area contributed by atoms with Crippen LogP contribution in [-0.2, 0) is 16.6 Å². The van der Waals surface area contributed by atoms with Gasteiger partial charge in [0.25, 0.3) is 0 Å². The summed E-state index contributed by atoms with van der Waals surface area (Å²) in [6.07, 6.45) is 7.44. The van der Waals surface area contributed by atoms with E-state index in [0.29, 0.717) is 29.2 Å². The topological polar surface area (TPSA) is 76.8 Å². The fourth-order valence-electron chi connectivity index (χ4n) is 6.25. The number of hydrogen-bond donors (Lipinski definition) is 0. The molecule has 2 aliphatic heterocycles. The fraction of sp³-hybridized carbons (Fsp3) is 0.440. The minimum absolute atomic E-state index is 0.166. The zero-order chi connectivity index (χ0) is 21.9. The zero-order valence-corrected chi connectivity index (χ0v) is 18.2. The lowest BCUT2D eigenvalue weighted by molar-refractivity contribution is -0.0397. The van der Waals surface area contributed by atoms with Crippen molar-refractivity contribution in [2.24, 2.45) is 5.92 Å². The average molecular weight is 431 g/mol. The summed E-state index contributed by atoms with van der Waals surface area (Å²) in [4.78, 5) is 6.80. The predicted molar refractivity (Wildman–Crippen MR) is 116 cm³/mol. The van der Waals surface area contributed by atoms with Gasteiger partial charge < -0.3 is 23.8 Å². The Bertz CT molecular complexity index is 1140. The van der Waals surface area contributed by atoms with Gasteiger partial charge in [-0.2, -0.15) is 5.26 Å². The van der Waals surface area contributed by atoms with Crippen LogP contribution in [0.25, 0.3) is 0 Å². The standard InChI is InChI=1S/C25H25N3O4/c1-28-11-9-25-17-6-8-20(31-24-16(13-26)4-3-10-27-24)23(25)32-22-19(30-14-29-2)7-5-15(21(22)25)12-18(17)28/h3-8,10,17-18,20,23H,9,11-12,14H2,1-2H3/t17-,18+,20-,23-,25-/m0/s1. The third-order valence-electron chi connectivity index (χ3n) is 7.59. The molecule has 7 nitrogen and oxygen atoms in total. The van der Waals surface area contributed by atoms with Gasteiger partial charge in [-0.15, -0.1) is 0 Å². The summed E-state index contributed by atoms with van der Waals surface area (Å²) in [7, 11) is 3.83. The van der Waals surface area contributed by atoms with Crippen molar-refractivity contribution in [3.05, 3.63) is 59.3 Å². The zero-order valence-electron chi connectivity index (χ0n) is 18.2. The maximum absolute atomic E-state index is 9.50. The molecule has 32 heavy (non-hydrogen) atoms. The molecule has 1 spiro atoms. The summed E-state index contributed by atoms with van der Waals surface area (Å²) < 4.78 is 24.1. The first-order valence-corrected chi connectivity index (χ1v) is 11.0. The van der Waals surface area contributed by atoms with Crippen molar-refractivity contribution in [2.75, 3.05) is 27.5 Å². The van der Waals surface area contributed by atoms with Gasteiger partial charge in [-0.3, -0.25) is 0 Å². The normalized spacial score (nSPS) is 31.4. The number of nitriles is 1. The van der Waals surface area contributed by atoms with E-state index in [9.17, 15) is 5.26 Å². The largest absolute Gasteiger partial charge is 0.481 e. The highest BCUT2D eigenvalue weighted by Gasteiger charge is 2.65. The summed E-state index contributed by atoms with van der Waals surface area (Å²) in [6, 6.07) is 10.2. The molecular weight excluding hydrogens is 406 g/mol. The van der Waals surface area contributed by atoms with Crippen molar-refractivity contribution in [2.45, 2.75) is 36.5 Å². The lowest BCUT2D eigenvalue weighted by Gasteiger charge is -2.56. The molecule has 0 radical (unpaired) electrons. The van der Waals surface area contributed by atoms with Crippen molar-refractivity contribution in [3.8, 4) is 23.4 Å². The molecule has 7 heteroatoms. The van der Waals surface area contributed by atoms with E-state index in [4.69, 9.17) is 18.9 Å². The molecule has 5 atom stereocenters. The van der Waals surface area contributed by atoms with Crippen LogP contribution in [0, 0.1) is 17.2 Å². The van der Waals surface area contributed by atoms with Crippen LogP contribution < -0.4 is 14.2 Å². The van der Waals surface area contributed by atoms with E-state index in [1.807, 2.05) is 6.07 Å². The second kappa shape index (κ2) is 7.22. The molecule has 1 aromatic heterocycles. The van der Waals surface area contributed by atoms with Crippen LogP contribution >= 0.6 is 0 Å². The number of rotatable bonds is 5. The van der Waals surface area contributed by atoms with Crippen LogP contribution in [0.4, 0.5) is 0 Å². The van der Waals surface area contributed by atoms with E-state index in [1.54, 1.807) is 25.4 Å². The number of ether oxygens (including phenoxy) is 4. The molecule has 1 aromatic carbocycles. The number of pyridine rings is 1. The summed E-state index contributed by atoms with van der Waals surface area (Å²) in [6.45, 7) is 1.16. The first-order valence-electron chi connectivity index (χ1n) is 11.0. The molecule has 6 rings (SSSR count). The van der Waals surface area contributed by atoms with Gasteiger partial charge in [0.15, 0.2) is 24.4 Å². The van der Waals surface area contributed by atoms with Gasteiger partial charge in [0.05, 0.1) is 0 Å². The number of benzene rings is 1. The molecule has 0 unspecified atom stereocenters. The molecule has 2 bridgehead atoms. The van der Waals surface area contributed by atoms with Crippen LogP contribution in [-0.4, -0.2) is 55.6 Å². The van der Waals surface area contributed by atoms with Gasteiger partial charge in [-0.25, -0.2) is 4.98 Å². The van der Waals surface area contributed by atoms with Gasteiger partial charge in [-0.05, 0) is 56.3 Å². The van der Waals surface area contributed by atoms with Crippen molar-refractivity contribution < 1.29 is 18.9 Å². The SMILES string of the molecule is COCOc1ccc2c3c1O[C@H]1[C@@H](Oc4ncccc4C#N)C=C[C@H]4[C@@H](C2)N(C)CC[C@@]341. The van der Waals surface area contributed by atoms with Crippen molar-refractivity contribution in [1.29, 1.82) is 5.26 Å². The second-order valence-corrected chi connectivity index (χ2v) is 9.02. The number of likely N-dealkylation sites (N-methyl/N-ethyl adjacent to an activating group) is 1. The Balaban J connectivity index is 1.47. The average Bonchev–Trinajstić information content (AvgIpc) is 3.17. The molecule has 4 aliphatic rings. The van der Waals surface area contributed by atoms with Crippen molar-refractivity contribution in [3.63, 3.8) is 0 Å². The number of methoxy groups -OCH3 is 1. The molecule has 2 aliphatic carbocycles. The lowest BCUT2D eigenvalue weighted by atomic mass is 9.53. The molecular formula is C25H25N3O4. The highest BCUT2D eigenvalue weighted by Crippen LogP contribution is 2.62. The number of likely N-dealkylation sites (tertiary alicyclic amines) is 1. The van der Waals surface area contributed by atoms with Gasteiger partial charge in [0, 0.05) is 36.2 Å². The Kier molecular flexibility index (Phi) is 4.42. The Morgan fingerprint density at radius 2 is 2.22 bits per heavy atom. The van der Waals surface area contributed by atoms with E-state index in [1.165, 1.54) is 11.1 Å². The van der Waals surface area contributed by atoms with Gasteiger partial charge in [0.2, 0.25) is 5.88 Å². The Hall–Kier alpha value is -3.08. The predicted octanol–water partition coefficient (Wildman–Crippen LogP) is 2.83. The molecule has 0 saturated carbocycles. The molecule has 0 amide bonds. The van der Waals surface area contributed by atoms with Crippen molar-refractivity contribution in [1.82, 2.24) is 9.88 Å². The van der Waals surface area contributed by atoms with Crippen LogP contribution in [0.15, 0.2) is 42.6 Å². The number of nitrogens with zero attached hydrogens (tertiary/aromatic N) is 3. The van der Waals surface area contributed by atoms with Gasteiger partial charge >= 0.3 is 0 Å². The minimum Gasteiger partial charge on any atom is -0.481 e. The minimum atomic E-state index is -0.356. The van der Waals surface area contributed by atoms with Crippen LogP contribution in [0.3, 0.4) is 0 Å². The van der Waals surface area contributed by atoms with E-state index >= 15 is 0 Å². The number of piperidine rings is 1. The van der Waals surface area contributed by atoms with Gasteiger partial charge in [-0.1, -0.05) is 12.1 Å². The molecule has 1 fully saturated rings. The summed E-state index contributed by atoms with van der Waals surface area (Å²) in [5.41, 5.74) is 2.83. The van der Waals surface area contributed by atoms with Crippen LogP contribution in [0.1, 0.15) is 23.1 Å². The van der Waals surface area contributed by atoms with E-state index in [0.717, 1.165) is 25.1 Å². The molecule has 1 saturated heterocycles. The second-order valence-electron chi connectivity index (χ2n) is 9.02. The molecule has 164 valence electrons. The fourth-order valence-corrected chi connectivity index (χ4v) is 6.25. The smallest absolute Gasteiger partial charge is 0.232 e. The van der Waals surface area contributed by atoms with Crippen LogP contribution in [0.2, 0.25) is 0 Å².